The Hall–Kier alpha value is -2.78. The number of amides is 2. The van der Waals surface area contributed by atoms with E-state index in [9.17, 15) is 18.0 Å². The number of sulfonamides is 1. The fraction of sp³-hybridized carbons (Fsp3) is 0.355. The number of rotatable bonds is 12. The first kappa shape index (κ1) is 33.7. The fourth-order valence-corrected chi connectivity index (χ4v) is 6.41. The molecule has 11 heteroatoms. The third-order valence-electron chi connectivity index (χ3n) is 7.24. The summed E-state index contributed by atoms with van der Waals surface area (Å²) in [5.41, 5.74) is 2.60. The smallest absolute Gasteiger partial charge is 0.264 e. The van der Waals surface area contributed by atoms with Crippen molar-refractivity contribution in [2.75, 3.05) is 10.8 Å². The minimum atomic E-state index is -4.22. The van der Waals surface area contributed by atoms with Crippen LogP contribution in [-0.2, 0) is 26.2 Å². The van der Waals surface area contributed by atoms with Crippen LogP contribution in [0.1, 0.15) is 50.3 Å². The SMILES string of the molecule is CC[C@H](C)NC(=O)[C@H](CC)N(Cc1c(Cl)cccc1Cl)C(=O)CN(c1ccc(C)c(C)c1)S(=O)(=O)c1ccc(Cl)cc1. The van der Waals surface area contributed by atoms with E-state index in [1.54, 1.807) is 43.3 Å². The maximum atomic E-state index is 14.2. The van der Waals surface area contributed by atoms with Crippen LogP contribution in [-0.4, -0.2) is 43.8 Å². The van der Waals surface area contributed by atoms with E-state index in [0.717, 1.165) is 15.4 Å². The molecule has 7 nitrogen and oxygen atoms in total. The Kier molecular flexibility index (Phi) is 11.7. The number of nitrogens with one attached hydrogen (secondary N) is 1. The van der Waals surface area contributed by atoms with E-state index in [-0.39, 0.29) is 29.8 Å². The minimum absolute atomic E-state index is 0.0276. The maximum Gasteiger partial charge on any atom is 0.264 e. The Morgan fingerprint density at radius 2 is 1.50 bits per heavy atom. The van der Waals surface area contributed by atoms with Gasteiger partial charge in [0.05, 0.1) is 10.6 Å². The quantitative estimate of drug-likeness (QED) is 0.225. The van der Waals surface area contributed by atoms with Gasteiger partial charge >= 0.3 is 0 Å². The van der Waals surface area contributed by atoms with E-state index in [2.05, 4.69) is 5.32 Å². The van der Waals surface area contributed by atoms with Crippen molar-refractivity contribution in [1.29, 1.82) is 0 Å². The van der Waals surface area contributed by atoms with Gasteiger partial charge in [0, 0.05) is 33.2 Å². The number of anilines is 1. The molecule has 0 unspecified atom stereocenters. The Balaban J connectivity index is 2.12. The first-order valence-corrected chi connectivity index (χ1v) is 16.3. The molecule has 0 fully saturated rings. The second-order valence-electron chi connectivity index (χ2n) is 10.2. The highest BCUT2D eigenvalue weighted by molar-refractivity contribution is 7.92. The number of hydrogen-bond acceptors (Lipinski definition) is 4. The third-order valence-corrected chi connectivity index (χ3v) is 9.98. The summed E-state index contributed by atoms with van der Waals surface area (Å²) >= 11 is 19.0. The zero-order valence-corrected chi connectivity index (χ0v) is 27.4. The molecule has 1 N–H and O–H groups in total. The van der Waals surface area contributed by atoms with Crippen molar-refractivity contribution >= 4 is 62.3 Å². The first-order chi connectivity index (χ1) is 19.8. The number of benzene rings is 3. The van der Waals surface area contributed by atoms with Gasteiger partial charge < -0.3 is 10.2 Å². The minimum Gasteiger partial charge on any atom is -0.352 e. The highest BCUT2D eigenvalue weighted by Crippen LogP contribution is 2.30. The summed E-state index contributed by atoms with van der Waals surface area (Å²) in [6, 6.07) is 14.9. The number of carbonyl (C=O) groups is 2. The predicted molar refractivity (Wildman–Crippen MR) is 171 cm³/mol. The van der Waals surface area contributed by atoms with Crippen molar-refractivity contribution in [3.63, 3.8) is 0 Å². The molecule has 0 spiro atoms. The lowest BCUT2D eigenvalue weighted by molar-refractivity contribution is -0.140. The monoisotopic (exact) mass is 651 g/mol. The molecule has 3 aromatic carbocycles. The van der Waals surface area contributed by atoms with E-state index in [1.807, 2.05) is 27.7 Å². The number of carbonyl (C=O) groups excluding carboxylic acids is 2. The van der Waals surface area contributed by atoms with Gasteiger partial charge in [0.1, 0.15) is 12.6 Å². The lowest BCUT2D eigenvalue weighted by Gasteiger charge is -2.34. The summed E-state index contributed by atoms with van der Waals surface area (Å²) in [7, 11) is -4.22. The summed E-state index contributed by atoms with van der Waals surface area (Å²) < 4.78 is 29.1. The summed E-state index contributed by atoms with van der Waals surface area (Å²) in [5.74, 6) is -0.936. The van der Waals surface area contributed by atoms with Gasteiger partial charge in [-0.2, -0.15) is 0 Å². The zero-order valence-electron chi connectivity index (χ0n) is 24.3. The van der Waals surface area contributed by atoms with E-state index in [4.69, 9.17) is 34.8 Å². The van der Waals surface area contributed by atoms with Gasteiger partial charge in [-0.3, -0.25) is 13.9 Å². The number of aryl methyl sites for hydroxylation is 2. The average molecular weight is 653 g/mol. The number of hydrogen-bond donors (Lipinski definition) is 1. The van der Waals surface area contributed by atoms with Crippen LogP contribution in [0.3, 0.4) is 0 Å². The molecule has 3 rings (SSSR count). The van der Waals surface area contributed by atoms with Crippen LogP contribution >= 0.6 is 34.8 Å². The normalized spacial score (nSPS) is 12.9. The lowest BCUT2D eigenvalue weighted by atomic mass is 10.1. The highest BCUT2D eigenvalue weighted by atomic mass is 35.5. The molecule has 0 saturated carbocycles. The Bertz CT molecular complexity index is 1510. The molecule has 2 amide bonds. The first-order valence-electron chi connectivity index (χ1n) is 13.7. The van der Waals surface area contributed by atoms with E-state index in [0.29, 0.717) is 32.7 Å². The number of halogens is 3. The third kappa shape index (κ3) is 7.98. The van der Waals surface area contributed by atoms with Crippen molar-refractivity contribution in [2.45, 2.75) is 71.0 Å². The molecule has 0 aliphatic rings. The molecule has 0 aliphatic carbocycles. The topological polar surface area (TPSA) is 86.8 Å². The molecule has 0 radical (unpaired) electrons. The van der Waals surface area contributed by atoms with Crippen LogP contribution in [0.5, 0.6) is 0 Å². The molecule has 0 saturated heterocycles. The second-order valence-corrected chi connectivity index (χ2v) is 13.3. The Morgan fingerprint density at radius 3 is 2.05 bits per heavy atom. The van der Waals surface area contributed by atoms with Crippen LogP contribution < -0.4 is 9.62 Å². The van der Waals surface area contributed by atoms with Gasteiger partial charge in [0.15, 0.2) is 0 Å². The summed E-state index contributed by atoms with van der Waals surface area (Å²) in [6.07, 6.45) is 0.982. The molecule has 226 valence electrons. The van der Waals surface area contributed by atoms with Crippen LogP contribution in [0.15, 0.2) is 65.6 Å². The maximum absolute atomic E-state index is 14.2. The molecule has 0 aliphatic heterocycles. The summed E-state index contributed by atoms with van der Waals surface area (Å²) in [6.45, 7) is 8.74. The van der Waals surface area contributed by atoms with Gasteiger partial charge in [-0.1, -0.05) is 60.8 Å². The van der Waals surface area contributed by atoms with E-state index < -0.39 is 28.5 Å². The zero-order chi connectivity index (χ0) is 31.2. The van der Waals surface area contributed by atoms with Gasteiger partial charge in [0.2, 0.25) is 11.8 Å². The van der Waals surface area contributed by atoms with Crippen LogP contribution in [0.4, 0.5) is 5.69 Å². The van der Waals surface area contributed by atoms with Gasteiger partial charge in [-0.15, -0.1) is 0 Å². The molecular weight excluding hydrogens is 617 g/mol. The number of nitrogens with zero attached hydrogens (tertiary/aromatic N) is 2. The molecule has 42 heavy (non-hydrogen) atoms. The lowest BCUT2D eigenvalue weighted by Crippen LogP contribution is -2.53. The van der Waals surface area contributed by atoms with Gasteiger partial charge in [-0.25, -0.2) is 8.42 Å². The molecular formula is C31H36Cl3N3O4S. The molecule has 0 aromatic heterocycles. The van der Waals surface area contributed by atoms with Crippen LogP contribution in [0.2, 0.25) is 15.1 Å². The Labute approximate surface area is 263 Å². The predicted octanol–water partition coefficient (Wildman–Crippen LogP) is 7.18. The standard InChI is InChI=1S/C31H36Cl3N3O4S/c1-6-22(5)35-31(39)29(7-2)36(18-26-27(33)9-8-10-28(26)34)30(38)19-37(24-14-11-20(3)21(4)17-24)42(40,41)25-15-12-23(32)13-16-25/h8-17,22,29H,6-7,18-19H2,1-5H3,(H,35,39)/t22-,29-/m0/s1. The largest absolute Gasteiger partial charge is 0.352 e. The van der Waals surface area contributed by atoms with E-state index in [1.165, 1.54) is 29.2 Å². The van der Waals surface area contributed by atoms with Crippen LogP contribution in [0, 0.1) is 13.8 Å². The summed E-state index contributed by atoms with van der Waals surface area (Å²) in [4.78, 5) is 29.0. The average Bonchev–Trinajstić information content (AvgIpc) is 2.94. The van der Waals surface area contributed by atoms with Crippen molar-refractivity contribution in [1.82, 2.24) is 10.2 Å². The fourth-order valence-electron chi connectivity index (χ4n) is 4.36. The Morgan fingerprint density at radius 1 is 0.881 bits per heavy atom. The molecule has 3 aromatic rings. The van der Waals surface area contributed by atoms with E-state index >= 15 is 0 Å². The van der Waals surface area contributed by atoms with Gasteiger partial charge in [0.25, 0.3) is 10.0 Å². The second kappa shape index (κ2) is 14.6. The van der Waals surface area contributed by atoms with Crippen molar-refractivity contribution in [3.8, 4) is 0 Å². The van der Waals surface area contributed by atoms with Crippen LogP contribution in [0.25, 0.3) is 0 Å². The molecule has 2 atom stereocenters. The molecule has 0 heterocycles. The summed E-state index contributed by atoms with van der Waals surface area (Å²) in [5, 5.41) is 3.99. The van der Waals surface area contributed by atoms with Crippen molar-refractivity contribution < 1.29 is 18.0 Å². The highest BCUT2D eigenvalue weighted by Gasteiger charge is 2.34. The van der Waals surface area contributed by atoms with Crippen molar-refractivity contribution in [2.24, 2.45) is 0 Å². The van der Waals surface area contributed by atoms with Gasteiger partial charge in [-0.05, 0) is 93.3 Å². The molecule has 0 bridgehead atoms. The van der Waals surface area contributed by atoms with Crippen molar-refractivity contribution in [3.05, 3.63) is 92.4 Å².